The molecule has 0 aromatic carbocycles. The molecule has 0 fully saturated rings. The monoisotopic (exact) mass is 153 g/mol. The fourth-order valence-electron chi connectivity index (χ4n) is 0.956. The molecule has 0 amide bonds. The van der Waals surface area contributed by atoms with Crippen LogP contribution in [0.4, 0.5) is 0 Å². The van der Waals surface area contributed by atoms with Crippen molar-refractivity contribution in [3.63, 3.8) is 0 Å². The van der Waals surface area contributed by atoms with E-state index >= 15 is 0 Å². The van der Waals surface area contributed by atoms with Crippen molar-refractivity contribution < 1.29 is 0 Å². The molecule has 11 heavy (non-hydrogen) atoms. The van der Waals surface area contributed by atoms with Gasteiger partial charge in [-0.3, -0.25) is 4.68 Å². The highest BCUT2D eigenvalue weighted by Gasteiger charge is 1.95. The van der Waals surface area contributed by atoms with Crippen molar-refractivity contribution in [1.82, 2.24) is 9.66 Å². The minimum Gasteiger partial charge on any atom is -0.315 e. The van der Waals surface area contributed by atoms with E-state index in [0.717, 1.165) is 6.54 Å². The Kier molecular flexibility index (Phi) is 2.95. The maximum atomic E-state index is 3.97. The first-order valence-electron chi connectivity index (χ1n) is 4.04. The summed E-state index contributed by atoms with van der Waals surface area (Å²) < 4.78 is 2.00. The Morgan fingerprint density at radius 3 is 2.91 bits per heavy atom. The van der Waals surface area contributed by atoms with Crippen LogP contribution in [0.3, 0.4) is 0 Å². The normalized spacial score (nSPS) is 10.0. The SMILES string of the molecule is CCCCN(C)n1ccnc1. The van der Waals surface area contributed by atoms with Crippen molar-refractivity contribution in [2.45, 2.75) is 19.8 Å². The minimum absolute atomic E-state index is 1.09. The predicted octanol–water partition coefficient (Wildman–Crippen LogP) is 1.25. The van der Waals surface area contributed by atoms with Crippen LogP contribution in [0.15, 0.2) is 18.7 Å². The molecule has 0 atom stereocenters. The zero-order valence-electron chi connectivity index (χ0n) is 7.20. The summed E-state index contributed by atoms with van der Waals surface area (Å²) in [5.74, 6) is 0. The molecule has 0 aliphatic rings. The van der Waals surface area contributed by atoms with E-state index < -0.39 is 0 Å². The second-order valence-electron chi connectivity index (χ2n) is 2.68. The third-order valence-electron chi connectivity index (χ3n) is 1.72. The average molecular weight is 153 g/mol. The molecular formula is C8H15N3. The lowest BCUT2D eigenvalue weighted by Gasteiger charge is -2.18. The van der Waals surface area contributed by atoms with Crippen LogP contribution in [-0.4, -0.2) is 23.3 Å². The molecule has 0 radical (unpaired) electrons. The van der Waals surface area contributed by atoms with E-state index in [4.69, 9.17) is 0 Å². The van der Waals surface area contributed by atoms with Gasteiger partial charge in [0.05, 0.1) is 0 Å². The van der Waals surface area contributed by atoms with Crippen molar-refractivity contribution in [3.8, 4) is 0 Å². The average Bonchev–Trinajstić information content (AvgIpc) is 2.52. The molecule has 0 aliphatic heterocycles. The van der Waals surface area contributed by atoms with E-state index in [-0.39, 0.29) is 0 Å². The lowest BCUT2D eigenvalue weighted by atomic mass is 10.3. The van der Waals surface area contributed by atoms with Crippen LogP contribution in [-0.2, 0) is 0 Å². The predicted molar refractivity (Wildman–Crippen MR) is 46.1 cm³/mol. The smallest absolute Gasteiger partial charge is 0.114 e. The molecule has 0 unspecified atom stereocenters. The Labute approximate surface area is 67.6 Å². The van der Waals surface area contributed by atoms with Gasteiger partial charge in [0.25, 0.3) is 0 Å². The van der Waals surface area contributed by atoms with E-state index in [1.807, 2.05) is 17.2 Å². The molecule has 0 bridgehead atoms. The van der Waals surface area contributed by atoms with Crippen molar-refractivity contribution in [2.75, 3.05) is 18.6 Å². The summed E-state index contributed by atoms with van der Waals surface area (Å²) in [6.07, 6.45) is 8.03. The van der Waals surface area contributed by atoms with Crippen LogP contribution in [0, 0.1) is 0 Å². The zero-order chi connectivity index (χ0) is 8.10. The summed E-state index contributed by atoms with van der Waals surface area (Å²) >= 11 is 0. The van der Waals surface area contributed by atoms with Crippen molar-refractivity contribution in [3.05, 3.63) is 18.7 Å². The summed E-state index contributed by atoms with van der Waals surface area (Å²) in [5, 5.41) is 2.15. The largest absolute Gasteiger partial charge is 0.315 e. The van der Waals surface area contributed by atoms with Gasteiger partial charge in [-0.15, -0.1) is 0 Å². The Hall–Kier alpha value is -0.990. The van der Waals surface area contributed by atoms with Gasteiger partial charge in [-0.25, -0.2) is 4.98 Å². The number of nitrogens with zero attached hydrogens (tertiary/aromatic N) is 3. The van der Waals surface area contributed by atoms with Gasteiger partial charge in [0, 0.05) is 26.0 Å². The number of hydrogen-bond acceptors (Lipinski definition) is 2. The summed E-state index contributed by atoms with van der Waals surface area (Å²) in [7, 11) is 2.07. The molecular weight excluding hydrogens is 138 g/mol. The molecule has 0 aliphatic carbocycles. The Morgan fingerprint density at radius 2 is 2.36 bits per heavy atom. The number of rotatable bonds is 4. The minimum atomic E-state index is 1.09. The first kappa shape index (κ1) is 8.11. The summed E-state index contributed by atoms with van der Waals surface area (Å²) in [6, 6.07) is 0. The highest BCUT2D eigenvalue weighted by Crippen LogP contribution is 1.92. The second-order valence-corrected chi connectivity index (χ2v) is 2.68. The van der Waals surface area contributed by atoms with Gasteiger partial charge in [0.2, 0.25) is 0 Å². The van der Waals surface area contributed by atoms with Gasteiger partial charge in [-0.1, -0.05) is 13.3 Å². The third-order valence-corrected chi connectivity index (χ3v) is 1.72. The van der Waals surface area contributed by atoms with E-state index in [1.165, 1.54) is 12.8 Å². The van der Waals surface area contributed by atoms with Crippen molar-refractivity contribution in [2.24, 2.45) is 0 Å². The number of hydrogen-bond donors (Lipinski definition) is 0. The van der Waals surface area contributed by atoms with Crippen molar-refractivity contribution >= 4 is 0 Å². The highest BCUT2D eigenvalue weighted by molar-refractivity contribution is 4.84. The lowest BCUT2D eigenvalue weighted by molar-refractivity contribution is 0.615. The molecule has 3 nitrogen and oxygen atoms in total. The molecule has 1 heterocycles. The Bertz CT molecular complexity index is 181. The van der Waals surface area contributed by atoms with Crippen LogP contribution in [0.2, 0.25) is 0 Å². The summed E-state index contributed by atoms with van der Waals surface area (Å²) in [4.78, 5) is 3.97. The summed E-state index contributed by atoms with van der Waals surface area (Å²) in [6.45, 7) is 3.29. The fourth-order valence-corrected chi connectivity index (χ4v) is 0.956. The summed E-state index contributed by atoms with van der Waals surface area (Å²) in [5.41, 5.74) is 0. The molecule has 0 saturated heterocycles. The Balaban J connectivity index is 2.36. The molecule has 1 aromatic heterocycles. The Morgan fingerprint density at radius 1 is 1.55 bits per heavy atom. The van der Waals surface area contributed by atoms with Crippen LogP contribution in [0.5, 0.6) is 0 Å². The van der Waals surface area contributed by atoms with Gasteiger partial charge < -0.3 is 5.01 Å². The topological polar surface area (TPSA) is 21.1 Å². The molecule has 1 rings (SSSR count). The van der Waals surface area contributed by atoms with E-state index in [1.54, 1.807) is 6.20 Å². The van der Waals surface area contributed by atoms with Crippen LogP contribution in [0.25, 0.3) is 0 Å². The van der Waals surface area contributed by atoms with E-state index in [9.17, 15) is 0 Å². The van der Waals surface area contributed by atoms with Gasteiger partial charge in [-0.05, 0) is 6.42 Å². The number of unbranched alkanes of at least 4 members (excludes halogenated alkanes) is 1. The first-order chi connectivity index (χ1) is 5.34. The standard InChI is InChI=1S/C8H15N3/c1-3-4-6-10(2)11-7-5-9-8-11/h5,7-8H,3-4,6H2,1-2H3. The molecule has 0 saturated carbocycles. The van der Waals surface area contributed by atoms with Crippen LogP contribution in [0.1, 0.15) is 19.8 Å². The van der Waals surface area contributed by atoms with Gasteiger partial charge in [0.1, 0.15) is 6.33 Å². The first-order valence-corrected chi connectivity index (χ1v) is 4.04. The third kappa shape index (κ3) is 2.26. The van der Waals surface area contributed by atoms with E-state index in [2.05, 4.69) is 24.0 Å². The second kappa shape index (κ2) is 4.01. The van der Waals surface area contributed by atoms with Gasteiger partial charge in [0.15, 0.2) is 0 Å². The maximum Gasteiger partial charge on any atom is 0.114 e. The molecule has 1 aromatic rings. The molecule has 3 heteroatoms. The highest BCUT2D eigenvalue weighted by atomic mass is 15.5. The van der Waals surface area contributed by atoms with E-state index in [0.29, 0.717) is 0 Å². The number of aromatic nitrogens is 2. The van der Waals surface area contributed by atoms with Crippen LogP contribution >= 0.6 is 0 Å². The lowest BCUT2D eigenvalue weighted by Crippen LogP contribution is -2.29. The quantitative estimate of drug-likeness (QED) is 0.649. The van der Waals surface area contributed by atoms with Gasteiger partial charge in [-0.2, -0.15) is 0 Å². The molecule has 62 valence electrons. The fraction of sp³-hybridized carbons (Fsp3) is 0.625. The zero-order valence-corrected chi connectivity index (χ0v) is 7.20. The molecule has 0 spiro atoms. The molecule has 0 N–H and O–H groups in total. The van der Waals surface area contributed by atoms with Crippen molar-refractivity contribution in [1.29, 1.82) is 0 Å². The van der Waals surface area contributed by atoms with Gasteiger partial charge >= 0.3 is 0 Å². The van der Waals surface area contributed by atoms with Crippen LogP contribution < -0.4 is 5.01 Å². The number of imidazole rings is 1. The maximum absolute atomic E-state index is 3.97.